The summed E-state index contributed by atoms with van der Waals surface area (Å²) in [6, 6.07) is 8.34. The second-order valence-corrected chi connectivity index (χ2v) is 6.28. The van der Waals surface area contributed by atoms with Crippen LogP contribution in [-0.2, 0) is 0 Å². The van der Waals surface area contributed by atoms with Gasteiger partial charge in [0.15, 0.2) is 0 Å². The predicted molar refractivity (Wildman–Crippen MR) is 79.2 cm³/mol. The minimum atomic E-state index is 0.589. The molecule has 2 heteroatoms. The van der Waals surface area contributed by atoms with Crippen LogP contribution in [0, 0.1) is 11.8 Å². The van der Waals surface area contributed by atoms with Crippen molar-refractivity contribution >= 4 is 11.6 Å². The molecule has 2 rings (SSSR count). The Kier molecular flexibility index (Phi) is 5.08. The van der Waals surface area contributed by atoms with Crippen molar-refractivity contribution < 1.29 is 0 Å². The Labute approximate surface area is 116 Å². The van der Waals surface area contributed by atoms with Crippen molar-refractivity contribution in [2.24, 2.45) is 11.8 Å². The first-order valence-electron chi connectivity index (χ1n) is 7.13. The minimum absolute atomic E-state index is 0.589. The quantitative estimate of drug-likeness (QED) is 0.800. The van der Waals surface area contributed by atoms with E-state index in [2.05, 4.69) is 31.3 Å². The molecule has 1 aliphatic carbocycles. The standard InChI is InChI=1S/C16H24ClN/c1-12(2)10-18-11-15(13-6-5-7-13)14-8-3-4-9-16(14)17/h3-4,8-9,12-13,15,18H,5-7,10-11H2,1-2H3. The van der Waals surface area contributed by atoms with E-state index in [1.165, 1.54) is 24.8 Å². The molecule has 1 aromatic rings. The molecule has 1 N–H and O–H groups in total. The molecule has 0 aliphatic heterocycles. The lowest BCUT2D eigenvalue weighted by atomic mass is 9.73. The van der Waals surface area contributed by atoms with Gasteiger partial charge in [0.25, 0.3) is 0 Å². The van der Waals surface area contributed by atoms with Gasteiger partial charge in [-0.3, -0.25) is 0 Å². The van der Waals surface area contributed by atoms with Crippen molar-refractivity contribution in [2.45, 2.75) is 39.0 Å². The van der Waals surface area contributed by atoms with Gasteiger partial charge in [-0.2, -0.15) is 0 Å². The van der Waals surface area contributed by atoms with E-state index < -0.39 is 0 Å². The molecule has 0 spiro atoms. The van der Waals surface area contributed by atoms with Gasteiger partial charge >= 0.3 is 0 Å². The third kappa shape index (κ3) is 3.49. The van der Waals surface area contributed by atoms with E-state index in [4.69, 9.17) is 11.6 Å². The van der Waals surface area contributed by atoms with Gasteiger partial charge in [-0.25, -0.2) is 0 Å². The lowest BCUT2D eigenvalue weighted by Crippen LogP contribution is -2.32. The van der Waals surface area contributed by atoms with Crippen molar-refractivity contribution in [1.82, 2.24) is 5.32 Å². The Morgan fingerprint density at radius 3 is 2.50 bits per heavy atom. The van der Waals surface area contributed by atoms with Crippen molar-refractivity contribution in [3.8, 4) is 0 Å². The van der Waals surface area contributed by atoms with Crippen LogP contribution >= 0.6 is 11.6 Å². The zero-order chi connectivity index (χ0) is 13.0. The van der Waals surface area contributed by atoms with Crippen molar-refractivity contribution in [2.75, 3.05) is 13.1 Å². The molecular weight excluding hydrogens is 242 g/mol. The Morgan fingerprint density at radius 2 is 1.94 bits per heavy atom. The summed E-state index contributed by atoms with van der Waals surface area (Å²) in [6.07, 6.45) is 4.11. The maximum Gasteiger partial charge on any atom is 0.0441 e. The van der Waals surface area contributed by atoms with Crippen LogP contribution in [0.1, 0.15) is 44.6 Å². The summed E-state index contributed by atoms with van der Waals surface area (Å²) in [5.74, 6) is 2.12. The molecule has 0 heterocycles. The van der Waals surface area contributed by atoms with Gasteiger partial charge in [0.1, 0.15) is 0 Å². The molecule has 100 valence electrons. The molecule has 1 unspecified atom stereocenters. The molecular formula is C16H24ClN. The Balaban J connectivity index is 2.03. The molecule has 0 amide bonds. The number of rotatable bonds is 6. The first-order valence-corrected chi connectivity index (χ1v) is 7.51. The maximum absolute atomic E-state index is 6.36. The lowest BCUT2D eigenvalue weighted by molar-refractivity contribution is 0.253. The van der Waals surface area contributed by atoms with Crippen LogP contribution in [-0.4, -0.2) is 13.1 Å². The molecule has 0 saturated heterocycles. The smallest absolute Gasteiger partial charge is 0.0441 e. The molecule has 1 aliphatic rings. The van der Waals surface area contributed by atoms with E-state index in [9.17, 15) is 0 Å². The van der Waals surface area contributed by atoms with Gasteiger partial charge in [-0.05, 0) is 42.9 Å². The second-order valence-electron chi connectivity index (χ2n) is 5.87. The number of hydrogen-bond donors (Lipinski definition) is 1. The molecule has 0 radical (unpaired) electrons. The number of benzene rings is 1. The SMILES string of the molecule is CC(C)CNCC(c1ccccc1Cl)C1CCC1. The van der Waals surface area contributed by atoms with Crippen molar-refractivity contribution in [3.05, 3.63) is 34.9 Å². The van der Waals surface area contributed by atoms with Gasteiger partial charge in [0.05, 0.1) is 0 Å². The summed E-state index contributed by atoms with van der Waals surface area (Å²) in [4.78, 5) is 0. The molecule has 1 nitrogen and oxygen atoms in total. The molecule has 1 fully saturated rings. The monoisotopic (exact) mass is 265 g/mol. The van der Waals surface area contributed by atoms with Crippen LogP contribution < -0.4 is 5.32 Å². The van der Waals surface area contributed by atoms with Gasteiger partial charge in [0.2, 0.25) is 0 Å². The topological polar surface area (TPSA) is 12.0 Å². The molecule has 1 atom stereocenters. The van der Waals surface area contributed by atoms with E-state index >= 15 is 0 Å². The van der Waals surface area contributed by atoms with Gasteiger partial charge < -0.3 is 5.32 Å². The summed E-state index contributed by atoms with van der Waals surface area (Å²) in [5, 5.41) is 4.53. The van der Waals surface area contributed by atoms with Crippen LogP contribution in [0.25, 0.3) is 0 Å². The van der Waals surface area contributed by atoms with E-state index in [-0.39, 0.29) is 0 Å². The van der Waals surface area contributed by atoms with Crippen LogP contribution in [0.15, 0.2) is 24.3 Å². The molecule has 0 aromatic heterocycles. The summed E-state index contributed by atoms with van der Waals surface area (Å²) in [7, 11) is 0. The minimum Gasteiger partial charge on any atom is -0.316 e. The Bertz CT molecular complexity index is 371. The summed E-state index contributed by atoms with van der Waals surface area (Å²) in [6.45, 7) is 6.65. The summed E-state index contributed by atoms with van der Waals surface area (Å²) in [5.41, 5.74) is 1.33. The zero-order valence-electron chi connectivity index (χ0n) is 11.5. The second kappa shape index (κ2) is 6.58. The average molecular weight is 266 g/mol. The number of hydrogen-bond acceptors (Lipinski definition) is 1. The van der Waals surface area contributed by atoms with E-state index in [1.807, 2.05) is 12.1 Å². The van der Waals surface area contributed by atoms with E-state index in [0.29, 0.717) is 11.8 Å². The fourth-order valence-electron chi connectivity index (χ4n) is 2.68. The summed E-state index contributed by atoms with van der Waals surface area (Å²) < 4.78 is 0. The lowest BCUT2D eigenvalue weighted by Gasteiger charge is -2.35. The molecule has 1 saturated carbocycles. The number of halogens is 1. The average Bonchev–Trinajstić information content (AvgIpc) is 2.25. The number of nitrogens with one attached hydrogen (secondary N) is 1. The molecule has 1 aromatic carbocycles. The fraction of sp³-hybridized carbons (Fsp3) is 0.625. The highest BCUT2D eigenvalue weighted by Crippen LogP contribution is 2.41. The van der Waals surface area contributed by atoms with Crippen molar-refractivity contribution in [3.63, 3.8) is 0 Å². The van der Waals surface area contributed by atoms with Crippen LogP contribution in [0.2, 0.25) is 5.02 Å². The predicted octanol–water partition coefficient (Wildman–Crippen LogP) is 4.47. The third-order valence-corrected chi connectivity index (χ3v) is 4.28. The highest BCUT2D eigenvalue weighted by molar-refractivity contribution is 6.31. The van der Waals surface area contributed by atoms with Gasteiger partial charge in [0, 0.05) is 17.5 Å². The van der Waals surface area contributed by atoms with E-state index in [0.717, 1.165) is 24.0 Å². The fourth-order valence-corrected chi connectivity index (χ4v) is 2.95. The first-order chi connectivity index (χ1) is 8.68. The summed E-state index contributed by atoms with van der Waals surface area (Å²) >= 11 is 6.36. The normalized spacial score (nSPS) is 17.8. The highest BCUT2D eigenvalue weighted by Gasteiger charge is 2.29. The Hall–Kier alpha value is -0.530. The van der Waals surface area contributed by atoms with Crippen LogP contribution in [0.5, 0.6) is 0 Å². The highest BCUT2D eigenvalue weighted by atomic mass is 35.5. The maximum atomic E-state index is 6.36. The zero-order valence-corrected chi connectivity index (χ0v) is 12.2. The van der Waals surface area contributed by atoms with Crippen LogP contribution in [0.3, 0.4) is 0 Å². The van der Waals surface area contributed by atoms with Gasteiger partial charge in [-0.1, -0.05) is 50.1 Å². The van der Waals surface area contributed by atoms with Crippen molar-refractivity contribution in [1.29, 1.82) is 0 Å². The molecule has 0 bridgehead atoms. The third-order valence-electron chi connectivity index (χ3n) is 3.94. The van der Waals surface area contributed by atoms with E-state index in [1.54, 1.807) is 0 Å². The molecule has 18 heavy (non-hydrogen) atoms. The Morgan fingerprint density at radius 1 is 1.22 bits per heavy atom. The van der Waals surface area contributed by atoms with Gasteiger partial charge in [-0.15, -0.1) is 0 Å². The largest absolute Gasteiger partial charge is 0.316 e. The van der Waals surface area contributed by atoms with Crippen LogP contribution in [0.4, 0.5) is 0 Å². The first kappa shape index (κ1) is 13.9.